The Bertz CT molecular complexity index is 392. The molecule has 0 aliphatic carbocycles. The fraction of sp³-hybridized carbons (Fsp3) is 0.357. The Morgan fingerprint density at radius 1 is 1.31 bits per heavy atom. The summed E-state index contributed by atoms with van der Waals surface area (Å²) < 4.78 is 0. The summed E-state index contributed by atoms with van der Waals surface area (Å²) in [4.78, 5) is 11.0. The van der Waals surface area contributed by atoms with Crippen LogP contribution in [0.4, 0.5) is 0 Å². The van der Waals surface area contributed by atoms with Crippen molar-refractivity contribution in [1.82, 2.24) is 5.32 Å². The number of nitrogens with one attached hydrogen (secondary N) is 1. The molecule has 1 heterocycles. The lowest BCUT2D eigenvalue weighted by molar-refractivity contribution is -0.116. The predicted octanol–water partition coefficient (Wildman–Crippen LogP) is 2.41. The van der Waals surface area contributed by atoms with Crippen LogP contribution in [0.3, 0.4) is 0 Å². The average Bonchev–Trinajstić information content (AvgIpc) is 2.30. The quantitative estimate of drug-likeness (QED) is 0.784. The number of benzene rings is 1. The van der Waals surface area contributed by atoms with Crippen molar-refractivity contribution in [2.24, 2.45) is 0 Å². The van der Waals surface area contributed by atoms with Crippen LogP contribution in [0.2, 0.25) is 0 Å². The molecular weight excluding hydrogens is 198 g/mol. The van der Waals surface area contributed by atoms with E-state index in [0.717, 1.165) is 18.5 Å². The van der Waals surface area contributed by atoms with Crippen molar-refractivity contribution in [3.63, 3.8) is 0 Å². The van der Waals surface area contributed by atoms with Gasteiger partial charge < -0.3 is 5.32 Å². The molecule has 2 nitrogen and oxygen atoms in total. The number of rotatable bonds is 3. The van der Waals surface area contributed by atoms with Crippen LogP contribution in [-0.4, -0.2) is 12.3 Å². The van der Waals surface area contributed by atoms with Gasteiger partial charge >= 0.3 is 0 Å². The molecule has 1 unspecified atom stereocenters. The Balaban J connectivity index is 2.06. The van der Waals surface area contributed by atoms with Gasteiger partial charge in [0.15, 0.2) is 0 Å². The molecule has 1 aromatic carbocycles. The first-order valence-corrected chi connectivity index (χ1v) is 5.72. The van der Waals surface area contributed by atoms with E-state index < -0.39 is 0 Å². The minimum Gasteiger partial charge on any atom is -0.306 e. The zero-order chi connectivity index (χ0) is 11.4. The van der Waals surface area contributed by atoms with Crippen molar-refractivity contribution in [2.75, 3.05) is 6.54 Å². The smallest absolute Gasteiger partial charge is 0.134 e. The van der Waals surface area contributed by atoms with Crippen LogP contribution in [0.15, 0.2) is 36.4 Å². The minimum absolute atomic E-state index is 0.214. The molecule has 0 fully saturated rings. The predicted molar refractivity (Wildman–Crippen MR) is 65.3 cm³/mol. The van der Waals surface area contributed by atoms with Gasteiger partial charge in [-0.25, -0.2) is 0 Å². The van der Waals surface area contributed by atoms with Crippen molar-refractivity contribution in [3.8, 4) is 0 Å². The third kappa shape index (κ3) is 2.80. The number of ketones is 1. The Kier molecular flexibility index (Phi) is 3.52. The molecule has 1 atom stereocenters. The average molecular weight is 215 g/mol. The van der Waals surface area contributed by atoms with Gasteiger partial charge in [0.25, 0.3) is 0 Å². The standard InChI is InChI=1S/C14H17NO/c1-11(16)10-12-5-7-13(8-6-12)14-4-2-3-9-15-14/h2-3,5-8,14-15H,4,9-10H2,1H3. The summed E-state index contributed by atoms with van der Waals surface area (Å²) in [5.74, 6) is 0.214. The van der Waals surface area contributed by atoms with E-state index >= 15 is 0 Å². The molecule has 1 aromatic rings. The first-order valence-electron chi connectivity index (χ1n) is 5.72. The maximum absolute atomic E-state index is 11.0. The zero-order valence-corrected chi connectivity index (χ0v) is 9.57. The van der Waals surface area contributed by atoms with E-state index in [2.05, 4.69) is 41.7 Å². The van der Waals surface area contributed by atoms with E-state index in [9.17, 15) is 4.79 Å². The summed E-state index contributed by atoms with van der Waals surface area (Å²) in [6, 6.07) is 8.77. The maximum atomic E-state index is 11.0. The Labute approximate surface area is 96.4 Å². The number of Topliss-reactive ketones (excluding diaryl/α,β-unsaturated/α-hetero) is 1. The lowest BCUT2D eigenvalue weighted by atomic mass is 9.99. The van der Waals surface area contributed by atoms with E-state index in [1.807, 2.05) is 0 Å². The summed E-state index contributed by atoms with van der Waals surface area (Å²) in [5, 5.41) is 3.44. The van der Waals surface area contributed by atoms with Gasteiger partial charge in [-0.05, 0) is 24.5 Å². The molecule has 0 saturated carbocycles. The van der Waals surface area contributed by atoms with Gasteiger partial charge in [0.05, 0.1) is 0 Å². The largest absolute Gasteiger partial charge is 0.306 e. The van der Waals surface area contributed by atoms with Gasteiger partial charge in [-0.1, -0.05) is 36.4 Å². The highest BCUT2D eigenvalue weighted by atomic mass is 16.1. The van der Waals surface area contributed by atoms with Crippen LogP contribution >= 0.6 is 0 Å². The normalized spacial score (nSPS) is 19.7. The second kappa shape index (κ2) is 5.08. The molecular formula is C14H17NO. The molecule has 1 aliphatic rings. The topological polar surface area (TPSA) is 29.1 Å². The van der Waals surface area contributed by atoms with Gasteiger partial charge in [-0.15, -0.1) is 0 Å². The molecule has 0 amide bonds. The molecule has 0 bridgehead atoms. The fourth-order valence-electron chi connectivity index (χ4n) is 2.02. The molecule has 84 valence electrons. The SMILES string of the molecule is CC(=O)Cc1ccc(C2CC=CCN2)cc1. The van der Waals surface area contributed by atoms with Crippen LogP contribution in [0.1, 0.15) is 30.5 Å². The summed E-state index contributed by atoms with van der Waals surface area (Å²) in [7, 11) is 0. The third-order valence-electron chi connectivity index (χ3n) is 2.86. The third-order valence-corrected chi connectivity index (χ3v) is 2.86. The van der Waals surface area contributed by atoms with E-state index in [0.29, 0.717) is 12.5 Å². The van der Waals surface area contributed by atoms with E-state index in [1.54, 1.807) is 6.92 Å². The highest BCUT2D eigenvalue weighted by Gasteiger charge is 2.10. The Morgan fingerprint density at radius 3 is 2.62 bits per heavy atom. The maximum Gasteiger partial charge on any atom is 0.134 e. The van der Waals surface area contributed by atoms with E-state index in [-0.39, 0.29) is 5.78 Å². The van der Waals surface area contributed by atoms with Gasteiger partial charge in [0.2, 0.25) is 0 Å². The van der Waals surface area contributed by atoms with Crippen LogP contribution in [0.25, 0.3) is 0 Å². The molecule has 0 spiro atoms. The van der Waals surface area contributed by atoms with Crippen molar-refractivity contribution >= 4 is 5.78 Å². The summed E-state index contributed by atoms with van der Waals surface area (Å²) in [6.45, 7) is 2.57. The van der Waals surface area contributed by atoms with Gasteiger partial charge in [0, 0.05) is 19.0 Å². The summed E-state index contributed by atoms with van der Waals surface area (Å²) >= 11 is 0. The van der Waals surface area contributed by atoms with E-state index in [4.69, 9.17) is 0 Å². The first kappa shape index (κ1) is 11.1. The monoisotopic (exact) mass is 215 g/mol. The van der Waals surface area contributed by atoms with Gasteiger partial charge in [0.1, 0.15) is 5.78 Å². The van der Waals surface area contributed by atoms with Crippen LogP contribution in [-0.2, 0) is 11.2 Å². The van der Waals surface area contributed by atoms with Crippen molar-refractivity contribution in [3.05, 3.63) is 47.5 Å². The molecule has 16 heavy (non-hydrogen) atoms. The molecule has 1 N–H and O–H groups in total. The van der Waals surface area contributed by atoms with Crippen molar-refractivity contribution in [2.45, 2.75) is 25.8 Å². The number of carbonyl (C=O) groups excluding carboxylic acids is 1. The van der Waals surface area contributed by atoms with Crippen molar-refractivity contribution < 1.29 is 4.79 Å². The summed E-state index contributed by atoms with van der Waals surface area (Å²) in [5.41, 5.74) is 2.40. The molecule has 0 aromatic heterocycles. The lowest BCUT2D eigenvalue weighted by Gasteiger charge is -2.20. The van der Waals surface area contributed by atoms with Crippen LogP contribution < -0.4 is 5.32 Å². The second-order valence-corrected chi connectivity index (χ2v) is 4.29. The highest BCUT2D eigenvalue weighted by Crippen LogP contribution is 2.20. The number of carbonyl (C=O) groups is 1. The molecule has 0 saturated heterocycles. The second-order valence-electron chi connectivity index (χ2n) is 4.29. The van der Waals surface area contributed by atoms with Crippen LogP contribution in [0.5, 0.6) is 0 Å². The minimum atomic E-state index is 0.214. The Morgan fingerprint density at radius 2 is 2.06 bits per heavy atom. The molecule has 0 radical (unpaired) electrons. The zero-order valence-electron chi connectivity index (χ0n) is 9.57. The fourth-order valence-corrected chi connectivity index (χ4v) is 2.02. The first-order chi connectivity index (χ1) is 7.75. The summed E-state index contributed by atoms with van der Waals surface area (Å²) in [6.07, 6.45) is 5.95. The highest BCUT2D eigenvalue weighted by molar-refractivity contribution is 5.78. The molecule has 2 rings (SSSR count). The van der Waals surface area contributed by atoms with Gasteiger partial charge in [-0.3, -0.25) is 4.79 Å². The Hall–Kier alpha value is -1.41. The molecule has 1 aliphatic heterocycles. The number of hydrogen-bond donors (Lipinski definition) is 1. The molecule has 2 heteroatoms. The number of hydrogen-bond acceptors (Lipinski definition) is 2. The van der Waals surface area contributed by atoms with Crippen molar-refractivity contribution in [1.29, 1.82) is 0 Å². The van der Waals surface area contributed by atoms with Crippen LogP contribution in [0, 0.1) is 0 Å². The van der Waals surface area contributed by atoms with Gasteiger partial charge in [-0.2, -0.15) is 0 Å². The van der Waals surface area contributed by atoms with E-state index in [1.165, 1.54) is 5.56 Å². The lowest BCUT2D eigenvalue weighted by Crippen LogP contribution is -2.23.